The zero-order chi connectivity index (χ0) is 20.3. The molecule has 4 nitrogen and oxygen atoms in total. The number of benzene rings is 2. The molecule has 28 heavy (non-hydrogen) atoms. The van der Waals surface area contributed by atoms with Crippen molar-refractivity contribution < 1.29 is 9.90 Å². The Hall–Kier alpha value is -2.30. The molecule has 0 spiro atoms. The summed E-state index contributed by atoms with van der Waals surface area (Å²) < 4.78 is 0. The molecule has 0 unspecified atom stereocenters. The van der Waals surface area contributed by atoms with Crippen LogP contribution in [0.3, 0.4) is 0 Å². The smallest absolute Gasteiger partial charge is 0.263 e. The van der Waals surface area contributed by atoms with Crippen molar-refractivity contribution in [2.45, 2.75) is 39.0 Å². The quantitative estimate of drug-likeness (QED) is 0.371. The fourth-order valence-corrected chi connectivity index (χ4v) is 3.75. The Morgan fingerprint density at radius 2 is 1.86 bits per heavy atom. The van der Waals surface area contributed by atoms with Crippen molar-refractivity contribution in [1.82, 2.24) is 4.98 Å². The normalized spacial score (nSPS) is 11.1. The van der Waals surface area contributed by atoms with Gasteiger partial charge in [-0.15, -0.1) is 0 Å². The van der Waals surface area contributed by atoms with Crippen molar-refractivity contribution in [3.63, 3.8) is 0 Å². The van der Waals surface area contributed by atoms with Crippen LogP contribution in [0.4, 0.5) is 0 Å². The van der Waals surface area contributed by atoms with Gasteiger partial charge in [0.15, 0.2) is 0 Å². The van der Waals surface area contributed by atoms with Crippen LogP contribution < -0.4 is 5.56 Å². The molecule has 0 saturated carbocycles. The van der Waals surface area contributed by atoms with Crippen molar-refractivity contribution in [1.29, 1.82) is 0 Å². The summed E-state index contributed by atoms with van der Waals surface area (Å²) in [5, 5.41) is 11.7. The summed E-state index contributed by atoms with van der Waals surface area (Å²) in [5.41, 5.74) is 0.672. The highest BCUT2D eigenvalue weighted by molar-refractivity contribution is 6.37. The Balaban J connectivity index is 2.02. The topological polar surface area (TPSA) is 70.2 Å². The van der Waals surface area contributed by atoms with Crippen LogP contribution in [-0.4, -0.2) is 15.9 Å². The first-order valence-electron chi connectivity index (χ1n) is 9.30. The van der Waals surface area contributed by atoms with Crippen LogP contribution in [0.25, 0.3) is 10.9 Å². The summed E-state index contributed by atoms with van der Waals surface area (Å²) in [7, 11) is 0. The predicted molar refractivity (Wildman–Crippen MR) is 114 cm³/mol. The highest BCUT2D eigenvalue weighted by Gasteiger charge is 2.22. The Kier molecular flexibility index (Phi) is 6.42. The van der Waals surface area contributed by atoms with Crippen LogP contribution in [0.5, 0.6) is 5.75 Å². The number of carbonyl (C=O) groups excluding carboxylic acids is 1. The average molecular weight is 418 g/mol. The second-order valence-electron chi connectivity index (χ2n) is 6.82. The van der Waals surface area contributed by atoms with Crippen LogP contribution in [0.1, 0.15) is 54.1 Å². The maximum absolute atomic E-state index is 12.9. The van der Waals surface area contributed by atoms with E-state index >= 15 is 0 Å². The van der Waals surface area contributed by atoms with Crippen LogP contribution in [-0.2, 0) is 6.42 Å². The average Bonchev–Trinajstić information content (AvgIpc) is 2.65. The number of aromatic amines is 1. The Morgan fingerprint density at radius 3 is 2.57 bits per heavy atom. The molecule has 0 atom stereocenters. The number of rotatable bonds is 7. The first kappa shape index (κ1) is 20.4. The van der Waals surface area contributed by atoms with E-state index in [4.69, 9.17) is 23.2 Å². The van der Waals surface area contributed by atoms with Gasteiger partial charge in [0.25, 0.3) is 5.56 Å². The van der Waals surface area contributed by atoms with Crippen LogP contribution >= 0.6 is 23.2 Å². The lowest BCUT2D eigenvalue weighted by Crippen LogP contribution is -2.19. The SMILES string of the molecule is CCCCCCc1ccc2[nH]c(=O)c(C(=O)c3ccc(Cl)cc3Cl)c(O)c2c1. The fourth-order valence-electron chi connectivity index (χ4n) is 3.25. The number of pyridine rings is 1. The van der Waals surface area contributed by atoms with Gasteiger partial charge in [-0.05, 0) is 48.7 Å². The summed E-state index contributed by atoms with van der Waals surface area (Å²) >= 11 is 12.0. The third kappa shape index (κ3) is 4.23. The summed E-state index contributed by atoms with van der Waals surface area (Å²) in [6.07, 6.45) is 5.42. The molecule has 1 heterocycles. The van der Waals surface area contributed by atoms with Gasteiger partial charge < -0.3 is 10.1 Å². The van der Waals surface area contributed by atoms with Crippen LogP contribution in [0.2, 0.25) is 10.0 Å². The van der Waals surface area contributed by atoms with Gasteiger partial charge in [-0.2, -0.15) is 0 Å². The molecule has 3 aromatic rings. The minimum atomic E-state index is -0.656. The van der Waals surface area contributed by atoms with Gasteiger partial charge >= 0.3 is 0 Å². The summed E-state index contributed by atoms with van der Waals surface area (Å²) in [5.74, 6) is -0.971. The predicted octanol–water partition coefficient (Wildman–Crippen LogP) is 5.89. The van der Waals surface area contributed by atoms with E-state index in [1.807, 2.05) is 12.1 Å². The largest absolute Gasteiger partial charge is 0.506 e. The maximum Gasteiger partial charge on any atom is 0.263 e. The van der Waals surface area contributed by atoms with E-state index < -0.39 is 11.3 Å². The van der Waals surface area contributed by atoms with Crippen molar-refractivity contribution in [2.75, 3.05) is 0 Å². The Labute approximate surface area is 173 Å². The fraction of sp³-hybridized carbons (Fsp3) is 0.273. The number of fused-ring (bicyclic) bond motifs is 1. The number of nitrogens with one attached hydrogen (secondary N) is 1. The number of aryl methyl sites for hydroxylation is 1. The van der Waals surface area contributed by atoms with Crippen molar-refractivity contribution in [3.05, 3.63) is 73.5 Å². The van der Waals surface area contributed by atoms with Gasteiger partial charge in [-0.25, -0.2) is 0 Å². The van der Waals surface area contributed by atoms with Gasteiger partial charge in [0.05, 0.1) is 10.5 Å². The molecule has 0 aliphatic rings. The molecule has 3 rings (SSSR count). The van der Waals surface area contributed by atoms with E-state index in [1.54, 1.807) is 6.07 Å². The number of hydrogen-bond donors (Lipinski definition) is 2. The van der Waals surface area contributed by atoms with Crippen molar-refractivity contribution >= 4 is 39.9 Å². The lowest BCUT2D eigenvalue weighted by Gasteiger charge is -2.10. The van der Waals surface area contributed by atoms with E-state index in [0.717, 1.165) is 24.8 Å². The first-order chi connectivity index (χ1) is 13.4. The molecule has 146 valence electrons. The van der Waals surface area contributed by atoms with Gasteiger partial charge in [0.2, 0.25) is 5.78 Å². The zero-order valence-corrected chi connectivity index (χ0v) is 17.0. The highest BCUT2D eigenvalue weighted by Crippen LogP contribution is 2.30. The maximum atomic E-state index is 12.9. The standard InChI is InChI=1S/C22H21Cl2NO3/c1-2-3-4-5-6-13-7-10-18-16(11-13)21(27)19(22(28)25-18)20(26)15-9-8-14(23)12-17(15)24/h7-12H,2-6H2,1H3,(H2,25,27,28). The molecule has 0 aliphatic carbocycles. The molecule has 2 aromatic carbocycles. The molecule has 0 radical (unpaired) electrons. The molecule has 6 heteroatoms. The molecule has 0 amide bonds. The second-order valence-corrected chi connectivity index (χ2v) is 7.67. The van der Waals surface area contributed by atoms with Gasteiger partial charge in [0, 0.05) is 16.0 Å². The Bertz CT molecular complexity index is 1090. The van der Waals surface area contributed by atoms with E-state index in [2.05, 4.69) is 11.9 Å². The number of H-pyrrole nitrogens is 1. The summed E-state index contributed by atoms with van der Waals surface area (Å²) in [4.78, 5) is 28.0. The number of halogens is 2. The van der Waals surface area contributed by atoms with E-state index in [9.17, 15) is 14.7 Å². The summed E-state index contributed by atoms with van der Waals surface area (Å²) in [6.45, 7) is 2.16. The molecular weight excluding hydrogens is 397 g/mol. The minimum Gasteiger partial charge on any atom is -0.506 e. The molecule has 2 N–H and O–H groups in total. The molecule has 0 saturated heterocycles. The molecule has 0 aliphatic heterocycles. The van der Waals surface area contributed by atoms with Crippen LogP contribution in [0, 0.1) is 0 Å². The number of ketones is 1. The number of hydrogen-bond acceptors (Lipinski definition) is 3. The van der Waals surface area contributed by atoms with E-state index in [-0.39, 0.29) is 21.9 Å². The molecule has 1 aromatic heterocycles. The van der Waals surface area contributed by atoms with Gasteiger partial charge in [-0.3, -0.25) is 9.59 Å². The minimum absolute atomic E-state index is 0.113. The van der Waals surface area contributed by atoms with E-state index in [0.29, 0.717) is 15.9 Å². The molecular formula is C22H21Cl2NO3. The van der Waals surface area contributed by atoms with Crippen molar-refractivity contribution in [3.8, 4) is 5.75 Å². The lowest BCUT2D eigenvalue weighted by molar-refractivity contribution is 0.103. The third-order valence-corrected chi connectivity index (χ3v) is 5.32. The van der Waals surface area contributed by atoms with Crippen LogP contribution in [0.15, 0.2) is 41.2 Å². The van der Waals surface area contributed by atoms with Crippen molar-refractivity contribution in [2.24, 2.45) is 0 Å². The number of unbranched alkanes of at least 4 members (excludes halogenated alkanes) is 3. The zero-order valence-electron chi connectivity index (χ0n) is 15.5. The molecule has 0 bridgehead atoms. The third-order valence-electron chi connectivity index (χ3n) is 4.77. The Morgan fingerprint density at radius 1 is 1.07 bits per heavy atom. The second kappa shape index (κ2) is 8.80. The number of aromatic hydroxyl groups is 1. The number of aromatic nitrogens is 1. The highest BCUT2D eigenvalue weighted by atomic mass is 35.5. The van der Waals surface area contributed by atoms with E-state index in [1.165, 1.54) is 31.0 Å². The van der Waals surface area contributed by atoms with Gasteiger partial charge in [-0.1, -0.05) is 55.5 Å². The first-order valence-corrected chi connectivity index (χ1v) is 10.1. The van der Waals surface area contributed by atoms with Gasteiger partial charge in [0.1, 0.15) is 11.3 Å². The monoisotopic (exact) mass is 417 g/mol. The number of carbonyl (C=O) groups is 1. The summed E-state index contributed by atoms with van der Waals surface area (Å²) in [6, 6.07) is 9.90. The molecule has 0 fully saturated rings. The lowest BCUT2D eigenvalue weighted by atomic mass is 9.99.